The van der Waals surface area contributed by atoms with Crippen LogP contribution in [0.15, 0.2) is 16.7 Å². The molecular weight excluding hydrogens is 293 g/mol. The summed E-state index contributed by atoms with van der Waals surface area (Å²) in [5, 5.41) is 2.18. The summed E-state index contributed by atoms with van der Waals surface area (Å²) >= 11 is 3.09. The van der Waals surface area contributed by atoms with Crippen molar-refractivity contribution >= 4 is 33.6 Å². The molecule has 0 radical (unpaired) electrons. The van der Waals surface area contributed by atoms with E-state index in [-0.39, 0.29) is 12.4 Å². The highest BCUT2D eigenvalue weighted by Crippen LogP contribution is 2.22. The molecule has 5 nitrogen and oxygen atoms in total. The maximum absolute atomic E-state index is 13.7. The van der Waals surface area contributed by atoms with Gasteiger partial charge in [-0.15, -0.1) is 0 Å². The fourth-order valence-corrected chi connectivity index (χ4v) is 1.89. The average Bonchev–Trinajstić information content (AvgIpc) is 2.24. The van der Waals surface area contributed by atoms with Crippen molar-refractivity contribution in [3.8, 4) is 0 Å². The summed E-state index contributed by atoms with van der Waals surface area (Å²) in [6.45, 7) is 1.50. The third-order valence-electron chi connectivity index (χ3n) is 2.48. The number of rotatable bonds is 1. The molecule has 2 rings (SSSR count). The monoisotopic (exact) mass is 301 g/mol. The molecular formula is C10H9BrFN3O2. The number of halogens is 2. The maximum atomic E-state index is 13.7. The van der Waals surface area contributed by atoms with Crippen molar-refractivity contribution in [2.45, 2.75) is 13.0 Å². The number of amides is 2. The number of nitrogens with one attached hydrogen (secondary N) is 1. The molecule has 17 heavy (non-hydrogen) atoms. The van der Waals surface area contributed by atoms with Gasteiger partial charge in [-0.2, -0.15) is 0 Å². The molecule has 1 aliphatic heterocycles. The van der Waals surface area contributed by atoms with Crippen LogP contribution in [0.25, 0.3) is 0 Å². The largest absolute Gasteiger partial charge is 0.333 e. The van der Waals surface area contributed by atoms with Gasteiger partial charge in [0, 0.05) is 10.7 Å². The van der Waals surface area contributed by atoms with Crippen LogP contribution in [-0.2, 0) is 9.59 Å². The van der Waals surface area contributed by atoms with Gasteiger partial charge in [-0.25, -0.2) is 9.37 Å². The first kappa shape index (κ1) is 12.0. The van der Waals surface area contributed by atoms with Gasteiger partial charge in [0.05, 0.1) is 6.54 Å². The van der Waals surface area contributed by atoms with Crippen LogP contribution in [0.1, 0.15) is 6.92 Å². The molecule has 1 N–H and O–H groups in total. The minimum absolute atomic E-state index is 0.00361. The summed E-state index contributed by atoms with van der Waals surface area (Å²) in [6.07, 6.45) is 1.42. The standard InChI is InChI=1S/C10H9BrFN3O2/c1-5-10(17)14-8(16)4-15(5)9-7(12)2-6(11)3-13-9/h2-3,5H,4H2,1H3,(H,14,16,17). The highest BCUT2D eigenvalue weighted by Gasteiger charge is 2.32. The van der Waals surface area contributed by atoms with E-state index in [1.807, 2.05) is 0 Å². The summed E-state index contributed by atoms with van der Waals surface area (Å²) in [4.78, 5) is 27.9. The van der Waals surface area contributed by atoms with E-state index in [0.29, 0.717) is 4.47 Å². The minimum atomic E-state index is -0.629. The van der Waals surface area contributed by atoms with Gasteiger partial charge in [-0.1, -0.05) is 0 Å². The Hall–Kier alpha value is -1.50. The molecule has 1 saturated heterocycles. The molecule has 2 amide bonds. The van der Waals surface area contributed by atoms with E-state index in [2.05, 4.69) is 26.2 Å². The Morgan fingerprint density at radius 3 is 2.94 bits per heavy atom. The molecule has 1 unspecified atom stereocenters. The van der Waals surface area contributed by atoms with Crippen LogP contribution >= 0.6 is 15.9 Å². The third-order valence-corrected chi connectivity index (χ3v) is 2.92. The highest BCUT2D eigenvalue weighted by atomic mass is 79.9. The molecule has 1 aromatic rings. The highest BCUT2D eigenvalue weighted by molar-refractivity contribution is 9.10. The van der Waals surface area contributed by atoms with Crippen molar-refractivity contribution < 1.29 is 14.0 Å². The topological polar surface area (TPSA) is 62.3 Å². The number of hydrogen-bond donors (Lipinski definition) is 1. The van der Waals surface area contributed by atoms with E-state index in [1.165, 1.54) is 17.2 Å². The molecule has 1 aromatic heterocycles. The normalized spacial score (nSPS) is 20.4. The Kier molecular flexibility index (Phi) is 3.10. The lowest BCUT2D eigenvalue weighted by Gasteiger charge is -2.32. The van der Waals surface area contributed by atoms with Gasteiger partial charge in [0.15, 0.2) is 11.6 Å². The van der Waals surface area contributed by atoms with Gasteiger partial charge in [0.2, 0.25) is 11.8 Å². The second-order valence-corrected chi connectivity index (χ2v) is 4.59. The molecule has 2 heterocycles. The van der Waals surface area contributed by atoms with E-state index < -0.39 is 23.7 Å². The molecule has 1 fully saturated rings. The molecule has 0 saturated carbocycles. The third kappa shape index (κ3) is 2.28. The quantitative estimate of drug-likeness (QED) is 0.781. The number of carbonyl (C=O) groups is 2. The lowest BCUT2D eigenvalue weighted by molar-refractivity contribution is -0.132. The molecule has 0 aliphatic carbocycles. The molecule has 0 aromatic carbocycles. The van der Waals surface area contributed by atoms with Gasteiger partial charge in [-0.05, 0) is 28.9 Å². The number of piperazine rings is 1. The van der Waals surface area contributed by atoms with E-state index >= 15 is 0 Å². The van der Waals surface area contributed by atoms with E-state index in [4.69, 9.17) is 0 Å². The zero-order valence-corrected chi connectivity index (χ0v) is 10.5. The Morgan fingerprint density at radius 1 is 1.59 bits per heavy atom. The first-order valence-corrected chi connectivity index (χ1v) is 5.69. The van der Waals surface area contributed by atoms with Crippen molar-refractivity contribution in [3.63, 3.8) is 0 Å². The molecule has 0 bridgehead atoms. The minimum Gasteiger partial charge on any atom is -0.333 e. The fraction of sp³-hybridized carbons (Fsp3) is 0.300. The summed E-state index contributed by atoms with van der Waals surface area (Å²) in [6, 6.07) is 0.613. The smallest absolute Gasteiger partial charge is 0.249 e. The Balaban J connectivity index is 2.37. The van der Waals surface area contributed by atoms with Gasteiger partial charge >= 0.3 is 0 Å². The Morgan fingerprint density at radius 2 is 2.29 bits per heavy atom. The maximum Gasteiger partial charge on any atom is 0.249 e. The summed E-state index contributed by atoms with van der Waals surface area (Å²) in [7, 11) is 0. The van der Waals surface area contributed by atoms with Crippen LogP contribution in [0.2, 0.25) is 0 Å². The number of aromatic nitrogens is 1. The van der Waals surface area contributed by atoms with Crippen molar-refractivity contribution in [1.29, 1.82) is 0 Å². The van der Waals surface area contributed by atoms with Crippen LogP contribution in [0.5, 0.6) is 0 Å². The van der Waals surface area contributed by atoms with Gasteiger partial charge in [0.1, 0.15) is 6.04 Å². The van der Waals surface area contributed by atoms with Crippen molar-refractivity contribution in [3.05, 3.63) is 22.6 Å². The van der Waals surface area contributed by atoms with Crippen LogP contribution < -0.4 is 10.2 Å². The second kappa shape index (κ2) is 4.40. The lowest BCUT2D eigenvalue weighted by atomic mass is 10.2. The molecule has 7 heteroatoms. The first-order chi connectivity index (χ1) is 7.99. The fourth-order valence-electron chi connectivity index (χ4n) is 1.59. The number of imide groups is 1. The first-order valence-electron chi connectivity index (χ1n) is 4.90. The summed E-state index contributed by atoms with van der Waals surface area (Å²) in [5.74, 6) is -1.49. The van der Waals surface area contributed by atoms with Crippen molar-refractivity contribution in [1.82, 2.24) is 10.3 Å². The molecule has 1 aliphatic rings. The van der Waals surface area contributed by atoms with Crippen LogP contribution in [0.4, 0.5) is 10.2 Å². The van der Waals surface area contributed by atoms with Crippen molar-refractivity contribution in [2.75, 3.05) is 11.4 Å². The van der Waals surface area contributed by atoms with Crippen LogP contribution in [0, 0.1) is 5.82 Å². The summed E-state index contributed by atoms with van der Waals surface area (Å²) < 4.78 is 14.2. The zero-order valence-electron chi connectivity index (χ0n) is 8.91. The molecule has 0 spiro atoms. The van der Waals surface area contributed by atoms with Gasteiger partial charge < -0.3 is 4.90 Å². The molecule has 90 valence electrons. The lowest BCUT2D eigenvalue weighted by Crippen LogP contribution is -2.57. The van der Waals surface area contributed by atoms with Gasteiger partial charge in [-0.3, -0.25) is 14.9 Å². The number of pyridine rings is 1. The SMILES string of the molecule is CC1C(=O)NC(=O)CN1c1ncc(Br)cc1F. The number of nitrogens with zero attached hydrogens (tertiary/aromatic N) is 2. The number of carbonyl (C=O) groups excluding carboxylic acids is 2. The van der Waals surface area contributed by atoms with E-state index in [1.54, 1.807) is 6.92 Å². The number of anilines is 1. The van der Waals surface area contributed by atoms with Gasteiger partial charge in [0.25, 0.3) is 0 Å². The van der Waals surface area contributed by atoms with E-state index in [0.717, 1.165) is 0 Å². The molecule has 1 atom stereocenters. The Labute approximate surface area is 105 Å². The second-order valence-electron chi connectivity index (χ2n) is 3.68. The number of hydrogen-bond acceptors (Lipinski definition) is 4. The predicted molar refractivity (Wildman–Crippen MR) is 61.9 cm³/mol. The summed E-state index contributed by atoms with van der Waals surface area (Å²) in [5.41, 5.74) is 0. The predicted octanol–water partition coefficient (Wildman–Crippen LogP) is 0.835. The average molecular weight is 302 g/mol. The van der Waals surface area contributed by atoms with Crippen molar-refractivity contribution in [2.24, 2.45) is 0 Å². The zero-order chi connectivity index (χ0) is 12.6. The van der Waals surface area contributed by atoms with Crippen LogP contribution in [0.3, 0.4) is 0 Å². The van der Waals surface area contributed by atoms with E-state index in [9.17, 15) is 14.0 Å². The van der Waals surface area contributed by atoms with Crippen LogP contribution in [-0.4, -0.2) is 29.4 Å². The Bertz CT molecular complexity index is 494.